The molecule has 2 aliphatic carbocycles. The van der Waals surface area contributed by atoms with E-state index >= 15 is 0 Å². The molecule has 1 saturated heterocycles. The lowest BCUT2D eigenvalue weighted by Gasteiger charge is -2.54. The average molecular weight is 376 g/mol. The van der Waals surface area contributed by atoms with Gasteiger partial charge < -0.3 is 19.3 Å². The number of ether oxygens (including phenoxy) is 3. The van der Waals surface area contributed by atoms with Gasteiger partial charge in [0.25, 0.3) is 5.79 Å². The third kappa shape index (κ3) is 2.15. The molecule has 6 atom stereocenters. The quantitative estimate of drug-likeness (QED) is 0.446. The van der Waals surface area contributed by atoms with E-state index in [1.807, 2.05) is 6.92 Å². The summed E-state index contributed by atoms with van der Waals surface area (Å²) in [4.78, 5) is 37.4. The lowest BCUT2D eigenvalue weighted by molar-refractivity contribution is -0.268. The SMILES string of the molecule is CC=C(C)C(=O)OC1C2CCCC3C(=O)OC(C4=C(C)C(=O)OC41O)C32C. The van der Waals surface area contributed by atoms with E-state index in [0.717, 1.165) is 6.42 Å². The van der Waals surface area contributed by atoms with E-state index < -0.39 is 35.3 Å². The van der Waals surface area contributed by atoms with Crippen molar-refractivity contribution in [3.05, 3.63) is 22.8 Å². The third-order valence-electron chi connectivity index (χ3n) is 6.99. The molecule has 0 spiro atoms. The van der Waals surface area contributed by atoms with E-state index in [-0.39, 0.29) is 29.0 Å². The van der Waals surface area contributed by atoms with E-state index in [4.69, 9.17) is 14.2 Å². The van der Waals surface area contributed by atoms with Crippen molar-refractivity contribution in [2.45, 2.75) is 65.0 Å². The zero-order valence-electron chi connectivity index (χ0n) is 15.9. The van der Waals surface area contributed by atoms with Gasteiger partial charge in [-0.15, -0.1) is 0 Å². The summed E-state index contributed by atoms with van der Waals surface area (Å²) in [5.74, 6) is -4.42. The summed E-state index contributed by atoms with van der Waals surface area (Å²) in [5.41, 5.74) is 0.162. The van der Waals surface area contributed by atoms with Crippen LogP contribution in [0.1, 0.15) is 47.0 Å². The Kier molecular flexibility index (Phi) is 3.83. The molecule has 7 nitrogen and oxygen atoms in total. The zero-order chi connectivity index (χ0) is 19.7. The number of allylic oxidation sites excluding steroid dienone is 1. The highest BCUT2D eigenvalue weighted by molar-refractivity contribution is 5.94. The van der Waals surface area contributed by atoms with Gasteiger partial charge in [-0.3, -0.25) is 4.79 Å². The first kappa shape index (κ1) is 18.2. The molecule has 0 aromatic carbocycles. The van der Waals surface area contributed by atoms with Crippen LogP contribution in [0.5, 0.6) is 0 Å². The van der Waals surface area contributed by atoms with Crippen LogP contribution in [-0.4, -0.2) is 41.0 Å². The fraction of sp³-hybridized carbons (Fsp3) is 0.650. The van der Waals surface area contributed by atoms with E-state index in [2.05, 4.69) is 0 Å². The molecule has 27 heavy (non-hydrogen) atoms. The van der Waals surface area contributed by atoms with Crippen LogP contribution >= 0.6 is 0 Å². The maximum atomic E-state index is 12.6. The van der Waals surface area contributed by atoms with Crippen LogP contribution in [0.25, 0.3) is 0 Å². The molecule has 7 heteroatoms. The molecule has 0 bridgehead atoms. The van der Waals surface area contributed by atoms with Crippen molar-refractivity contribution in [1.29, 1.82) is 0 Å². The second-order valence-corrected chi connectivity index (χ2v) is 8.20. The molecule has 0 aromatic heterocycles. The normalized spacial score (nSPS) is 43.1. The highest BCUT2D eigenvalue weighted by Crippen LogP contribution is 2.64. The first-order chi connectivity index (χ1) is 12.7. The van der Waals surface area contributed by atoms with Gasteiger partial charge in [0, 0.05) is 22.5 Å². The molecule has 4 aliphatic rings. The highest BCUT2D eigenvalue weighted by atomic mass is 16.7. The Labute approximate surface area is 157 Å². The van der Waals surface area contributed by atoms with Gasteiger partial charge in [0.15, 0.2) is 6.10 Å². The van der Waals surface area contributed by atoms with Crippen molar-refractivity contribution in [2.75, 3.05) is 0 Å². The number of fused-ring (bicyclic) bond motifs is 2. The standard InChI is InChI=1S/C20H24O7/c1-5-9(2)16(21)25-14-11-7-6-8-12-18(23)26-15(19(11,12)4)13-10(3)17(22)27-20(13,14)24/h5,11-12,14-15,24H,6-8H2,1-4H3. The van der Waals surface area contributed by atoms with Crippen LogP contribution in [0, 0.1) is 17.3 Å². The molecule has 0 radical (unpaired) electrons. The Morgan fingerprint density at radius 2 is 2.04 bits per heavy atom. The minimum absolute atomic E-state index is 0.213. The number of hydrogen-bond donors (Lipinski definition) is 1. The highest BCUT2D eigenvalue weighted by Gasteiger charge is 2.74. The van der Waals surface area contributed by atoms with Gasteiger partial charge in [-0.25, -0.2) is 9.59 Å². The third-order valence-corrected chi connectivity index (χ3v) is 6.99. The van der Waals surface area contributed by atoms with Crippen molar-refractivity contribution < 1.29 is 33.7 Å². The monoisotopic (exact) mass is 376 g/mol. The van der Waals surface area contributed by atoms with Crippen molar-refractivity contribution in [3.8, 4) is 0 Å². The van der Waals surface area contributed by atoms with Gasteiger partial charge in [0.2, 0.25) is 0 Å². The Morgan fingerprint density at radius 1 is 1.33 bits per heavy atom. The summed E-state index contributed by atoms with van der Waals surface area (Å²) in [6.45, 7) is 6.81. The van der Waals surface area contributed by atoms with Gasteiger partial charge in [-0.2, -0.15) is 0 Å². The second-order valence-electron chi connectivity index (χ2n) is 8.20. The fourth-order valence-corrected chi connectivity index (χ4v) is 5.35. The molecule has 2 heterocycles. The average Bonchev–Trinajstić information content (AvgIpc) is 3.01. The summed E-state index contributed by atoms with van der Waals surface area (Å²) in [6, 6.07) is 0. The van der Waals surface area contributed by atoms with Crippen LogP contribution < -0.4 is 0 Å². The molecule has 1 N–H and O–H groups in total. The summed E-state index contributed by atoms with van der Waals surface area (Å²) in [7, 11) is 0. The molecule has 2 saturated carbocycles. The number of esters is 3. The van der Waals surface area contributed by atoms with Gasteiger partial charge in [0.05, 0.1) is 11.5 Å². The van der Waals surface area contributed by atoms with E-state index in [1.54, 1.807) is 26.8 Å². The zero-order valence-corrected chi connectivity index (χ0v) is 15.9. The minimum Gasteiger partial charge on any atom is -0.457 e. The first-order valence-corrected chi connectivity index (χ1v) is 9.37. The van der Waals surface area contributed by atoms with E-state index in [9.17, 15) is 19.5 Å². The maximum Gasteiger partial charge on any atom is 0.336 e. The molecular formula is C20H24O7. The van der Waals surface area contributed by atoms with Crippen molar-refractivity contribution in [2.24, 2.45) is 17.3 Å². The van der Waals surface area contributed by atoms with Crippen molar-refractivity contribution >= 4 is 17.9 Å². The van der Waals surface area contributed by atoms with Crippen molar-refractivity contribution in [3.63, 3.8) is 0 Å². The van der Waals surface area contributed by atoms with Crippen LogP contribution in [0.3, 0.4) is 0 Å². The smallest absolute Gasteiger partial charge is 0.336 e. The van der Waals surface area contributed by atoms with Gasteiger partial charge in [-0.1, -0.05) is 19.4 Å². The van der Waals surface area contributed by atoms with Gasteiger partial charge in [-0.05, 0) is 33.6 Å². The molecule has 6 unspecified atom stereocenters. The lowest BCUT2D eigenvalue weighted by Crippen LogP contribution is -2.65. The predicted octanol–water partition coefficient (Wildman–Crippen LogP) is 1.79. The van der Waals surface area contributed by atoms with E-state index in [1.165, 1.54) is 0 Å². The van der Waals surface area contributed by atoms with Gasteiger partial charge in [0.1, 0.15) is 6.10 Å². The number of aliphatic hydroxyl groups is 1. The van der Waals surface area contributed by atoms with Crippen LogP contribution in [0.2, 0.25) is 0 Å². The topological polar surface area (TPSA) is 99.1 Å². The molecule has 3 fully saturated rings. The lowest BCUT2D eigenvalue weighted by atomic mass is 9.52. The summed E-state index contributed by atoms with van der Waals surface area (Å²) < 4.78 is 16.7. The largest absolute Gasteiger partial charge is 0.457 e. The van der Waals surface area contributed by atoms with Crippen LogP contribution in [-0.2, 0) is 28.6 Å². The summed E-state index contributed by atoms with van der Waals surface area (Å²) in [5, 5.41) is 11.4. The summed E-state index contributed by atoms with van der Waals surface area (Å²) >= 11 is 0. The first-order valence-electron chi connectivity index (χ1n) is 9.37. The molecule has 0 amide bonds. The molecule has 146 valence electrons. The molecule has 2 aliphatic heterocycles. The Morgan fingerprint density at radius 3 is 2.70 bits per heavy atom. The number of hydrogen-bond acceptors (Lipinski definition) is 7. The van der Waals surface area contributed by atoms with Crippen molar-refractivity contribution in [1.82, 2.24) is 0 Å². The summed E-state index contributed by atoms with van der Waals surface area (Å²) in [6.07, 6.45) is 1.83. The number of rotatable bonds is 2. The second kappa shape index (κ2) is 5.67. The Hall–Kier alpha value is -2.15. The Bertz CT molecular complexity index is 809. The maximum absolute atomic E-state index is 12.6. The minimum atomic E-state index is -2.10. The molecule has 4 rings (SSSR count). The molecular weight excluding hydrogens is 352 g/mol. The van der Waals surface area contributed by atoms with Crippen LogP contribution in [0.15, 0.2) is 22.8 Å². The van der Waals surface area contributed by atoms with Crippen LogP contribution in [0.4, 0.5) is 0 Å². The van der Waals surface area contributed by atoms with E-state index in [0.29, 0.717) is 18.4 Å². The molecule has 0 aromatic rings. The Balaban J connectivity index is 1.87. The fourth-order valence-electron chi connectivity index (χ4n) is 5.35. The predicted molar refractivity (Wildman–Crippen MR) is 91.9 cm³/mol. The number of carbonyl (C=O) groups is 3. The van der Waals surface area contributed by atoms with Gasteiger partial charge >= 0.3 is 17.9 Å². The number of carbonyl (C=O) groups excluding carboxylic acids is 3.